The van der Waals surface area contributed by atoms with Gasteiger partial charge < -0.3 is 14.6 Å². The van der Waals surface area contributed by atoms with E-state index >= 15 is 0 Å². The number of aliphatic hydroxyl groups is 1. The molecule has 0 saturated heterocycles. The predicted molar refractivity (Wildman–Crippen MR) is 105 cm³/mol. The summed E-state index contributed by atoms with van der Waals surface area (Å²) in [6.07, 6.45) is 0.744. The molecule has 1 N–H and O–H groups in total. The van der Waals surface area contributed by atoms with Crippen LogP contribution in [0.4, 0.5) is 0 Å². The van der Waals surface area contributed by atoms with Crippen LogP contribution in [0, 0.1) is 0 Å². The Hall–Kier alpha value is -3.05. The maximum atomic E-state index is 9.06. The molecular formula is C22H20N2O3. The van der Waals surface area contributed by atoms with E-state index in [1.807, 2.05) is 16.8 Å². The average Bonchev–Trinajstić information content (AvgIpc) is 3.05. The summed E-state index contributed by atoms with van der Waals surface area (Å²) in [5, 5.41) is 17.5. The number of aromatic nitrogens is 2. The Kier molecular flexibility index (Phi) is 3.94. The van der Waals surface area contributed by atoms with Crippen molar-refractivity contribution in [3.05, 3.63) is 65.9 Å². The highest BCUT2D eigenvalue weighted by atomic mass is 16.5. The Morgan fingerprint density at radius 3 is 2.89 bits per heavy atom. The first-order valence-corrected chi connectivity index (χ1v) is 9.20. The third-order valence-corrected chi connectivity index (χ3v) is 5.02. The second-order valence-corrected chi connectivity index (χ2v) is 6.72. The van der Waals surface area contributed by atoms with Crippen molar-refractivity contribution in [2.24, 2.45) is 0 Å². The van der Waals surface area contributed by atoms with Crippen LogP contribution in [0.1, 0.15) is 11.3 Å². The molecule has 0 radical (unpaired) electrons. The molecule has 1 aliphatic rings. The van der Waals surface area contributed by atoms with Gasteiger partial charge in [-0.25, -0.2) is 0 Å². The van der Waals surface area contributed by atoms with Crippen molar-refractivity contribution < 1.29 is 14.6 Å². The van der Waals surface area contributed by atoms with Crippen molar-refractivity contribution in [1.29, 1.82) is 0 Å². The summed E-state index contributed by atoms with van der Waals surface area (Å²) in [6.45, 7) is 1.59. The molecule has 3 aromatic carbocycles. The summed E-state index contributed by atoms with van der Waals surface area (Å²) in [4.78, 5) is 0. The summed E-state index contributed by atoms with van der Waals surface area (Å²) in [6, 6.07) is 18.7. The van der Waals surface area contributed by atoms with Crippen LogP contribution in [-0.2, 0) is 13.0 Å². The summed E-state index contributed by atoms with van der Waals surface area (Å²) in [7, 11) is 0. The zero-order chi connectivity index (χ0) is 18.2. The first-order chi connectivity index (χ1) is 13.3. The number of fused-ring (bicyclic) bond motifs is 1. The molecule has 0 amide bonds. The molecule has 1 aromatic heterocycles. The number of benzene rings is 3. The first kappa shape index (κ1) is 16.1. The molecule has 27 heavy (non-hydrogen) atoms. The lowest BCUT2D eigenvalue weighted by Gasteiger charge is -2.16. The Morgan fingerprint density at radius 1 is 1.07 bits per heavy atom. The lowest BCUT2D eigenvalue weighted by molar-refractivity contribution is 0.200. The number of ether oxygens (including phenoxy) is 2. The van der Waals surface area contributed by atoms with Crippen LogP contribution in [0.25, 0.3) is 21.7 Å². The molecule has 0 bridgehead atoms. The summed E-state index contributed by atoms with van der Waals surface area (Å²) in [5.74, 6) is 1.50. The lowest BCUT2D eigenvalue weighted by Crippen LogP contribution is -2.15. The third-order valence-electron chi connectivity index (χ3n) is 5.02. The molecule has 0 saturated carbocycles. The molecule has 0 aliphatic carbocycles. The molecule has 5 nitrogen and oxygen atoms in total. The molecule has 5 heteroatoms. The lowest BCUT2D eigenvalue weighted by atomic mass is 9.99. The number of rotatable bonds is 5. The molecular weight excluding hydrogens is 340 g/mol. The molecule has 0 atom stereocenters. The van der Waals surface area contributed by atoms with Crippen molar-refractivity contribution in [3.63, 3.8) is 0 Å². The van der Waals surface area contributed by atoms with Gasteiger partial charge >= 0.3 is 0 Å². The van der Waals surface area contributed by atoms with Gasteiger partial charge in [-0.15, -0.1) is 0 Å². The normalized spacial score (nSPS) is 13.1. The number of hydrogen-bond acceptors (Lipinski definition) is 4. The Bertz CT molecular complexity index is 1130. The van der Waals surface area contributed by atoms with Crippen molar-refractivity contribution in [1.82, 2.24) is 9.78 Å². The molecule has 136 valence electrons. The number of aliphatic hydroxyl groups excluding tert-OH is 1. The number of hydrogen-bond donors (Lipinski definition) is 1. The van der Waals surface area contributed by atoms with E-state index in [0.717, 1.165) is 35.3 Å². The van der Waals surface area contributed by atoms with Crippen LogP contribution in [-0.4, -0.2) is 34.7 Å². The largest absolute Gasteiger partial charge is 0.491 e. The van der Waals surface area contributed by atoms with Crippen molar-refractivity contribution in [2.75, 3.05) is 19.8 Å². The van der Waals surface area contributed by atoms with Gasteiger partial charge in [-0.2, -0.15) is 5.10 Å². The molecule has 2 heterocycles. The molecule has 0 spiro atoms. The quantitative estimate of drug-likeness (QED) is 0.591. The van der Waals surface area contributed by atoms with Crippen molar-refractivity contribution in [3.8, 4) is 11.5 Å². The topological polar surface area (TPSA) is 56.5 Å². The van der Waals surface area contributed by atoms with E-state index in [1.54, 1.807) is 0 Å². The summed E-state index contributed by atoms with van der Waals surface area (Å²) >= 11 is 0. The molecule has 0 unspecified atom stereocenters. The van der Waals surface area contributed by atoms with E-state index in [2.05, 4.69) is 42.5 Å². The third kappa shape index (κ3) is 2.80. The minimum Gasteiger partial charge on any atom is -0.491 e. The zero-order valence-electron chi connectivity index (χ0n) is 14.9. The van der Waals surface area contributed by atoms with E-state index in [9.17, 15) is 0 Å². The fourth-order valence-electron chi connectivity index (χ4n) is 3.84. The van der Waals surface area contributed by atoms with Crippen LogP contribution in [0.5, 0.6) is 11.5 Å². The second-order valence-electron chi connectivity index (χ2n) is 6.72. The van der Waals surface area contributed by atoms with Crippen LogP contribution < -0.4 is 9.47 Å². The summed E-state index contributed by atoms with van der Waals surface area (Å²) < 4.78 is 13.5. The van der Waals surface area contributed by atoms with Gasteiger partial charge in [0.05, 0.1) is 18.8 Å². The van der Waals surface area contributed by atoms with Crippen LogP contribution in [0.2, 0.25) is 0 Å². The van der Waals surface area contributed by atoms with Gasteiger partial charge in [-0.05, 0) is 22.4 Å². The van der Waals surface area contributed by atoms with Gasteiger partial charge in [-0.1, -0.05) is 42.5 Å². The van der Waals surface area contributed by atoms with E-state index in [0.29, 0.717) is 12.4 Å². The monoisotopic (exact) mass is 360 g/mol. The highest BCUT2D eigenvalue weighted by molar-refractivity contribution is 5.91. The van der Waals surface area contributed by atoms with Gasteiger partial charge in [0.15, 0.2) is 0 Å². The first-order valence-electron chi connectivity index (χ1n) is 9.20. The smallest absolute Gasteiger partial charge is 0.149 e. The highest BCUT2D eigenvalue weighted by Crippen LogP contribution is 2.36. The number of nitrogens with zero attached hydrogens (tertiary/aromatic N) is 2. The summed E-state index contributed by atoms with van der Waals surface area (Å²) in [5.41, 5.74) is 3.29. The van der Waals surface area contributed by atoms with Crippen molar-refractivity contribution in [2.45, 2.75) is 13.0 Å². The van der Waals surface area contributed by atoms with E-state index in [4.69, 9.17) is 19.7 Å². The van der Waals surface area contributed by atoms with Gasteiger partial charge in [0.2, 0.25) is 0 Å². The standard InChI is InChI=1S/C22H20N2O3/c25-9-11-26-17-13-19-20(23-24-8-10-27-21(14-17)22(19)24)12-16-6-3-5-15-4-1-2-7-18(15)16/h1-7,13-14,25H,8-12H2. The van der Waals surface area contributed by atoms with Gasteiger partial charge in [0.1, 0.15) is 30.2 Å². The molecule has 5 rings (SSSR count). The Morgan fingerprint density at radius 2 is 1.96 bits per heavy atom. The van der Waals surface area contributed by atoms with Crippen LogP contribution in [0.15, 0.2) is 54.6 Å². The fraction of sp³-hybridized carbons (Fsp3) is 0.227. The molecule has 4 aromatic rings. The van der Waals surface area contributed by atoms with Gasteiger partial charge in [0, 0.05) is 17.9 Å². The minimum absolute atomic E-state index is 0.0175. The molecule has 0 fully saturated rings. The zero-order valence-corrected chi connectivity index (χ0v) is 14.9. The van der Waals surface area contributed by atoms with Crippen LogP contribution >= 0.6 is 0 Å². The maximum Gasteiger partial charge on any atom is 0.149 e. The Labute approximate surface area is 156 Å². The SMILES string of the molecule is OCCOc1cc2c3c(c1)c(Cc1cccc4ccccc14)nn3CCO2. The van der Waals surface area contributed by atoms with Gasteiger partial charge in [-0.3, -0.25) is 4.68 Å². The van der Waals surface area contributed by atoms with Crippen LogP contribution in [0.3, 0.4) is 0 Å². The molecule has 1 aliphatic heterocycles. The maximum absolute atomic E-state index is 9.06. The van der Waals surface area contributed by atoms with E-state index in [1.165, 1.54) is 16.3 Å². The predicted octanol–water partition coefficient (Wildman–Crippen LogP) is 3.54. The highest BCUT2D eigenvalue weighted by Gasteiger charge is 2.21. The van der Waals surface area contributed by atoms with Crippen molar-refractivity contribution >= 4 is 21.7 Å². The Balaban J connectivity index is 1.63. The second kappa shape index (κ2) is 6.59. The fourth-order valence-corrected chi connectivity index (χ4v) is 3.84. The van der Waals surface area contributed by atoms with E-state index in [-0.39, 0.29) is 13.2 Å². The van der Waals surface area contributed by atoms with E-state index < -0.39 is 0 Å². The minimum atomic E-state index is -0.0175. The van der Waals surface area contributed by atoms with Gasteiger partial charge in [0.25, 0.3) is 0 Å². The average molecular weight is 360 g/mol.